The van der Waals surface area contributed by atoms with Crippen molar-refractivity contribution in [3.63, 3.8) is 0 Å². The van der Waals surface area contributed by atoms with Crippen LogP contribution in [-0.2, 0) is 17.8 Å². The molecule has 0 N–H and O–H groups in total. The first-order valence-electron chi connectivity index (χ1n) is 11.6. The van der Waals surface area contributed by atoms with Gasteiger partial charge >= 0.3 is 0 Å². The van der Waals surface area contributed by atoms with Crippen molar-refractivity contribution in [1.82, 2.24) is 19.7 Å². The first kappa shape index (κ1) is 23.8. The normalized spacial score (nSPS) is 10.9. The van der Waals surface area contributed by atoms with Gasteiger partial charge in [-0.25, -0.2) is 0 Å². The van der Waals surface area contributed by atoms with Crippen LogP contribution in [0.2, 0.25) is 0 Å². The maximum absolute atomic E-state index is 13.1. The van der Waals surface area contributed by atoms with Crippen LogP contribution in [0.1, 0.15) is 35.0 Å². The lowest BCUT2D eigenvalue weighted by Crippen LogP contribution is -2.31. The molecular weight excluding hydrogens is 440 g/mol. The van der Waals surface area contributed by atoms with Gasteiger partial charge < -0.3 is 4.90 Å². The van der Waals surface area contributed by atoms with Crippen LogP contribution in [-0.4, -0.2) is 37.9 Å². The summed E-state index contributed by atoms with van der Waals surface area (Å²) in [5, 5.41) is 9.77. The molecule has 0 atom stereocenters. The summed E-state index contributed by atoms with van der Waals surface area (Å²) in [7, 11) is 0. The number of carbonyl (C=O) groups is 1. The molecule has 4 aromatic rings. The van der Waals surface area contributed by atoms with E-state index in [0.717, 1.165) is 27.8 Å². The van der Waals surface area contributed by atoms with Crippen molar-refractivity contribution in [3.05, 3.63) is 107 Å². The Morgan fingerprint density at radius 3 is 2.24 bits per heavy atom. The third kappa shape index (κ3) is 5.75. The molecule has 3 aromatic carbocycles. The average Bonchev–Trinajstić information content (AvgIpc) is 3.24. The highest BCUT2D eigenvalue weighted by Gasteiger charge is 2.19. The Labute approximate surface area is 205 Å². The van der Waals surface area contributed by atoms with E-state index in [9.17, 15) is 4.79 Å². The van der Waals surface area contributed by atoms with Gasteiger partial charge in [-0.2, -0.15) is 0 Å². The largest absolute Gasteiger partial charge is 0.338 e. The van der Waals surface area contributed by atoms with Crippen molar-refractivity contribution in [2.24, 2.45) is 0 Å². The van der Waals surface area contributed by atoms with Gasteiger partial charge in [0.1, 0.15) is 5.82 Å². The first-order chi connectivity index (χ1) is 16.5. The number of carbonyl (C=O) groups excluding carboxylic acids is 1. The van der Waals surface area contributed by atoms with Crippen LogP contribution >= 0.6 is 11.8 Å². The minimum Gasteiger partial charge on any atom is -0.338 e. The van der Waals surface area contributed by atoms with E-state index in [1.165, 1.54) is 22.9 Å². The van der Waals surface area contributed by atoms with Crippen LogP contribution in [0.4, 0.5) is 0 Å². The summed E-state index contributed by atoms with van der Waals surface area (Å²) in [5.74, 6) is 1.27. The molecule has 0 aliphatic rings. The number of amides is 1. The minimum absolute atomic E-state index is 0.0936. The summed E-state index contributed by atoms with van der Waals surface area (Å²) in [4.78, 5) is 14.9. The van der Waals surface area contributed by atoms with Crippen molar-refractivity contribution in [1.29, 1.82) is 0 Å². The lowest BCUT2D eigenvalue weighted by atomic mass is 10.1. The van der Waals surface area contributed by atoms with Crippen LogP contribution in [0.3, 0.4) is 0 Å². The number of benzene rings is 3. The van der Waals surface area contributed by atoms with E-state index in [1.807, 2.05) is 48.2 Å². The zero-order valence-electron chi connectivity index (χ0n) is 19.9. The van der Waals surface area contributed by atoms with Gasteiger partial charge in [0, 0.05) is 19.5 Å². The Bertz CT molecular complexity index is 1240. The number of rotatable bonds is 9. The molecule has 1 amide bonds. The molecule has 0 radical (unpaired) electrons. The van der Waals surface area contributed by atoms with Crippen molar-refractivity contribution in [2.75, 3.05) is 12.3 Å². The van der Waals surface area contributed by atoms with E-state index in [2.05, 4.69) is 71.1 Å². The van der Waals surface area contributed by atoms with E-state index in [1.54, 1.807) is 0 Å². The van der Waals surface area contributed by atoms with Crippen molar-refractivity contribution >= 4 is 17.7 Å². The third-order valence-electron chi connectivity index (χ3n) is 5.77. The monoisotopic (exact) mass is 470 g/mol. The highest BCUT2D eigenvalue weighted by molar-refractivity contribution is 7.99. The molecule has 174 valence electrons. The summed E-state index contributed by atoms with van der Waals surface area (Å²) in [6, 6.07) is 26.8. The number of aromatic nitrogens is 3. The van der Waals surface area contributed by atoms with Crippen molar-refractivity contribution in [2.45, 2.75) is 38.9 Å². The second kappa shape index (κ2) is 11.2. The van der Waals surface area contributed by atoms with Gasteiger partial charge in [-0.3, -0.25) is 9.36 Å². The highest BCUT2D eigenvalue weighted by atomic mass is 32.2. The molecule has 4 rings (SSSR count). The van der Waals surface area contributed by atoms with Gasteiger partial charge in [0.15, 0.2) is 5.16 Å². The summed E-state index contributed by atoms with van der Waals surface area (Å²) in [6.45, 7) is 7.49. The Morgan fingerprint density at radius 1 is 0.912 bits per heavy atom. The molecule has 0 aliphatic heterocycles. The van der Waals surface area contributed by atoms with E-state index < -0.39 is 0 Å². The molecule has 5 nitrogen and oxygen atoms in total. The van der Waals surface area contributed by atoms with Gasteiger partial charge in [0.25, 0.3) is 0 Å². The summed E-state index contributed by atoms with van der Waals surface area (Å²) < 4.78 is 2.10. The van der Waals surface area contributed by atoms with Crippen LogP contribution in [0.5, 0.6) is 0 Å². The number of hydrogen-bond donors (Lipinski definition) is 0. The zero-order chi connectivity index (χ0) is 23.9. The molecule has 34 heavy (non-hydrogen) atoms. The summed E-state index contributed by atoms with van der Waals surface area (Å²) in [6.07, 6.45) is 0.671. The Kier molecular flexibility index (Phi) is 7.80. The zero-order valence-corrected chi connectivity index (χ0v) is 20.8. The standard InChI is InChI=1S/C28H30N4OS/c1-4-31(19-24-13-9-6-10-14-24)27(33)20-34-28-30-29-26(18-23-11-7-5-8-12-23)32(28)25-16-15-21(2)17-22(25)3/h5-17H,4,18-20H2,1-3H3. The number of hydrogen-bond acceptors (Lipinski definition) is 4. The smallest absolute Gasteiger partial charge is 0.233 e. The quantitative estimate of drug-likeness (QED) is 0.298. The SMILES string of the molecule is CCN(Cc1ccccc1)C(=O)CSc1nnc(Cc2ccccc2)n1-c1ccc(C)cc1C. The first-order valence-corrected chi connectivity index (χ1v) is 12.5. The van der Waals surface area contributed by atoms with Gasteiger partial charge in [-0.15, -0.1) is 10.2 Å². The topological polar surface area (TPSA) is 51.0 Å². The number of nitrogens with zero attached hydrogens (tertiary/aromatic N) is 4. The Balaban J connectivity index is 1.58. The third-order valence-corrected chi connectivity index (χ3v) is 6.69. The lowest BCUT2D eigenvalue weighted by molar-refractivity contribution is -0.128. The molecule has 0 saturated carbocycles. The Hall–Kier alpha value is -3.38. The number of thioether (sulfide) groups is 1. The average molecular weight is 471 g/mol. The Morgan fingerprint density at radius 2 is 1.59 bits per heavy atom. The molecule has 0 saturated heterocycles. The minimum atomic E-state index is 0.0936. The van der Waals surface area contributed by atoms with E-state index in [4.69, 9.17) is 0 Å². The molecule has 0 aliphatic carbocycles. The molecule has 0 fully saturated rings. The molecule has 0 spiro atoms. The molecule has 6 heteroatoms. The lowest BCUT2D eigenvalue weighted by Gasteiger charge is -2.21. The fraction of sp³-hybridized carbons (Fsp3) is 0.250. The van der Waals surface area contributed by atoms with Gasteiger partial charge in [-0.1, -0.05) is 90.1 Å². The second-order valence-electron chi connectivity index (χ2n) is 8.37. The molecule has 0 unspecified atom stereocenters. The predicted octanol–water partition coefficient (Wildman–Crippen LogP) is 5.62. The van der Waals surface area contributed by atoms with Crippen LogP contribution in [0.15, 0.2) is 84.0 Å². The maximum Gasteiger partial charge on any atom is 0.233 e. The maximum atomic E-state index is 13.1. The van der Waals surface area contributed by atoms with E-state index >= 15 is 0 Å². The highest BCUT2D eigenvalue weighted by Crippen LogP contribution is 2.26. The molecule has 1 heterocycles. The predicted molar refractivity (Wildman–Crippen MR) is 138 cm³/mol. The fourth-order valence-electron chi connectivity index (χ4n) is 3.98. The second-order valence-corrected chi connectivity index (χ2v) is 9.31. The van der Waals surface area contributed by atoms with Gasteiger partial charge in [-0.05, 0) is 43.5 Å². The fourth-order valence-corrected chi connectivity index (χ4v) is 4.85. The van der Waals surface area contributed by atoms with Gasteiger partial charge in [0.2, 0.25) is 5.91 Å². The van der Waals surface area contributed by atoms with Gasteiger partial charge in [0.05, 0.1) is 11.4 Å². The molecule has 1 aromatic heterocycles. The van der Waals surface area contributed by atoms with Crippen molar-refractivity contribution in [3.8, 4) is 5.69 Å². The van der Waals surface area contributed by atoms with E-state index in [0.29, 0.717) is 25.3 Å². The van der Waals surface area contributed by atoms with Crippen LogP contribution < -0.4 is 0 Å². The molecule has 0 bridgehead atoms. The summed E-state index contributed by atoms with van der Waals surface area (Å²) in [5.41, 5.74) is 5.72. The summed E-state index contributed by atoms with van der Waals surface area (Å²) >= 11 is 1.45. The van der Waals surface area contributed by atoms with E-state index in [-0.39, 0.29) is 5.91 Å². The van der Waals surface area contributed by atoms with Crippen LogP contribution in [0.25, 0.3) is 5.69 Å². The number of aryl methyl sites for hydroxylation is 2. The molecular formula is C28H30N4OS. The van der Waals surface area contributed by atoms with Crippen molar-refractivity contribution < 1.29 is 4.79 Å². The van der Waals surface area contributed by atoms with Crippen LogP contribution in [0, 0.1) is 13.8 Å².